The molecule has 106 valence electrons. The first-order chi connectivity index (χ1) is 9.26. The molecule has 0 aromatic carbocycles. The van der Waals surface area contributed by atoms with Crippen molar-refractivity contribution >= 4 is 23.4 Å². The van der Waals surface area contributed by atoms with Crippen LogP contribution < -0.4 is 16.2 Å². The fraction of sp³-hybridized carbons (Fsp3) is 0.692. The van der Waals surface area contributed by atoms with Gasteiger partial charge in [-0.05, 0) is 25.0 Å². The molecule has 1 aromatic rings. The molecule has 5 nitrogen and oxygen atoms in total. The van der Waals surface area contributed by atoms with Gasteiger partial charge in [0.25, 0.3) is 0 Å². The van der Waals surface area contributed by atoms with Crippen molar-refractivity contribution in [2.24, 2.45) is 11.8 Å². The Kier molecular flexibility index (Phi) is 5.27. The minimum Gasteiger partial charge on any atom is -0.356 e. The third kappa shape index (κ3) is 3.73. The van der Waals surface area contributed by atoms with Gasteiger partial charge in [-0.25, -0.2) is 15.8 Å². The van der Waals surface area contributed by atoms with Gasteiger partial charge in [0, 0.05) is 19.2 Å². The number of nitrogens with zero attached hydrogens (tertiary/aromatic N) is 3. The van der Waals surface area contributed by atoms with Gasteiger partial charge in [-0.2, -0.15) is 0 Å². The highest BCUT2D eigenvalue weighted by Gasteiger charge is 2.20. The Morgan fingerprint density at radius 2 is 2.16 bits per heavy atom. The van der Waals surface area contributed by atoms with Crippen molar-refractivity contribution in [3.8, 4) is 0 Å². The normalized spacial score (nSPS) is 16.7. The van der Waals surface area contributed by atoms with Crippen LogP contribution in [-0.4, -0.2) is 29.3 Å². The number of anilines is 2. The zero-order valence-corrected chi connectivity index (χ0v) is 12.5. The lowest BCUT2D eigenvalue weighted by molar-refractivity contribution is 0.377. The number of thioether (sulfide) groups is 1. The first kappa shape index (κ1) is 14.4. The lowest BCUT2D eigenvalue weighted by Gasteiger charge is -2.32. The van der Waals surface area contributed by atoms with Gasteiger partial charge in [-0.1, -0.05) is 31.5 Å². The van der Waals surface area contributed by atoms with E-state index in [9.17, 15) is 0 Å². The second-order valence-corrected chi connectivity index (χ2v) is 5.73. The first-order valence-electron chi connectivity index (χ1n) is 6.91. The van der Waals surface area contributed by atoms with E-state index >= 15 is 0 Å². The van der Waals surface area contributed by atoms with Gasteiger partial charge in [0.05, 0.1) is 0 Å². The summed E-state index contributed by atoms with van der Waals surface area (Å²) in [4.78, 5) is 11.2. The lowest BCUT2D eigenvalue weighted by atomic mass is 9.92. The van der Waals surface area contributed by atoms with Gasteiger partial charge < -0.3 is 10.3 Å². The number of aromatic nitrogens is 2. The number of hydrogen-bond acceptors (Lipinski definition) is 6. The SMILES string of the molecule is CCCC1CCN(c2cc(NN)nc(SC)n2)CC1. The predicted molar refractivity (Wildman–Crippen MR) is 81.5 cm³/mol. The van der Waals surface area contributed by atoms with Gasteiger partial charge in [-0.15, -0.1) is 0 Å². The van der Waals surface area contributed by atoms with E-state index in [1.165, 1.54) is 25.7 Å². The standard InChI is InChI=1S/C13H23N5S/c1-3-4-10-5-7-18(8-6-10)12-9-11(17-14)15-13(16-12)19-2/h9-10H,3-8,14H2,1-2H3,(H,15,16,17). The number of nitrogen functional groups attached to an aromatic ring is 1. The van der Waals surface area contributed by atoms with Gasteiger partial charge in [-0.3, -0.25) is 0 Å². The molecule has 1 saturated heterocycles. The molecule has 1 aliphatic rings. The van der Waals surface area contributed by atoms with Crippen LogP contribution in [0.1, 0.15) is 32.6 Å². The molecule has 0 bridgehead atoms. The molecule has 0 radical (unpaired) electrons. The molecule has 0 spiro atoms. The zero-order chi connectivity index (χ0) is 13.7. The predicted octanol–water partition coefficient (Wildman–Crippen LogP) is 2.50. The Labute approximate surface area is 119 Å². The largest absolute Gasteiger partial charge is 0.356 e. The van der Waals surface area contributed by atoms with Gasteiger partial charge in [0.1, 0.15) is 11.6 Å². The van der Waals surface area contributed by atoms with Gasteiger partial charge in [0.2, 0.25) is 0 Å². The minimum atomic E-state index is 0.685. The van der Waals surface area contributed by atoms with Crippen LogP contribution in [0, 0.1) is 5.92 Å². The molecule has 0 saturated carbocycles. The number of rotatable bonds is 5. The van der Waals surface area contributed by atoms with E-state index in [0.717, 1.165) is 30.0 Å². The summed E-state index contributed by atoms with van der Waals surface area (Å²) in [5, 5.41) is 0.765. The van der Waals surface area contributed by atoms with Crippen LogP contribution >= 0.6 is 11.8 Å². The molecular formula is C13H23N5S. The summed E-state index contributed by atoms with van der Waals surface area (Å²) in [5.74, 6) is 8.02. The maximum atomic E-state index is 5.47. The van der Waals surface area contributed by atoms with Crippen molar-refractivity contribution in [3.05, 3.63) is 6.07 Å². The van der Waals surface area contributed by atoms with Crippen molar-refractivity contribution in [3.63, 3.8) is 0 Å². The Morgan fingerprint density at radius 3 is 2.74 bits per heavy atom. The van der Waals surface area contributed by atoms with Gasteiger partial charge >= 0.3 is 0 Å². The van der Waals surface area contributed by atoms with Crippen LogP contribution in [0.2, 0.25) is 0 Å². The topological polar surface area (TPSA) is 67.1 Å². The second-order valence-electron chi connectivity index (χ2n) is 4.96. The molecule has 1 fully saturated rings. The van der Waals surface area contributed by atoms with Crippen molar-refractivity contribution in [1.29, 1.82) is 0 Å². The smallest absolute Gasteiger partial charge is 0.191 e. The van der Waals surface area contributed by atoms with E-state index < -0.39 is 0 Å². The summed E-state index contributed by atoms with van der Waals surface area (Å²) < 4.78 is 0. The highest BCUT2D eigenvalue weighted by molar-refractivity contribution is 7.98. The van der Waals surface area contributed by atoms with Crippen LogP contribution in [0.15, 0.2) is 11.2 Å². The van der Waals surface area contributed by atoms with E-state index in [-0.39, 0.29) is 0 Å². The van der Waals surface area contributed by atoms with Crippen LogP contribution in [0.3, 0.4) is 0 Å². The summed E-state index contributed by atoms with van der Waals surface area (Å²) in [6, 6.07) is 1.93. The number of nitrogens with one attached hydrogen (secondary N) is 1. The van der Waals surface area contributed by atoms with E-state index in [1.54, 1.807) is 11.8 Å². The van der Waals surface area contributed by atoms with Crippen LogP contribution in [0.25, 0.3) is 0 Å². The van der Waals surface area contributed by atoms with Crippen LogP contribution in [0.4, 0.5) is 11.6 Å². The van der Waals surface area contributed by atoms with Crippen LogP contribution in [-0.2, 0) is 0 Å². The van der Waals surface area contributed by atoms with E-state index in [2.05, 4.69) is 27.2 Å². The molecule has 1 aliphatic heterocycles. The number of hydrazine groups is 1. The lowest BCUT2D eigenvalue weighted by Crippen LogP contribution is -2.34. The maximum absolute atomic E-state index is 5.47. The molecule has 1 aromatic heterocycles. The zero-order valence-electron chi connectivity index (χ0n) is 11.7. The van der Waals surface area contributed by atoms with Crippen molar-refractivity contribution in [2.75, 3.05) is 29.7 Å². The van der Waals surface area contributed by atoms with Crippen molar-refractivity contribution in [1.82, 2.24) is 9.97 Å². The molecule has 0 atom stereocenters. The molecular weight excluding hydrogens is 258 g/mol. The summed E-state index contributed by atoms with van der Waals surface area (Å²) >= 11 is 1.54. The second kappa shape index (κ2) is 6.96. The third-order valence-electron chi connectivity index (χ3n) is 3.66. The summed E-state index contributed by atoms with van der Waals surface area (Å²) in [5.41, 5.74) is 2.62. The number of hydrogen-bond donors (Lipinski definition) is 2. The first-order valence-corrected chi connectivity index (χ1v) is 8.14. The fourth-order valence-electron chi connectivity index (χ4n) is 2.60. The Bertz CT molecular complexity index is 382. The minimum absolute atomic E-state index is 0.685. The molecule has 0 aliphatic carbocycles. The van der Waals surface area contributed by atoms with Crippen LogP contribution in [0.5, 0.6) is 0 Å². The fourth-order valence-corrected chi connectivity index (χ4v) is 2.97. The maximum Gasteiger partial charge on any atom is 0.191 e. The van der Waals surface area contributed by atoms with Crippen molar-refractivity contribution < 1.29 is 0 Å². The third-order valence-corrected chi connectivity index (χ3v) is 4.21. The molecule has 6 heteroatoms. The molecule has 0 amide bonds. The van der Waals surface area contributed by atoms with E-state index in [0.29, 0.717) is 5.82 Å². The highest BCUT2D eigenvalue weighted by atomic mass is 32.2. The highest BCUT2D eigenvalue weighted by Crippen LogP contribution is 2.27. The molecule has 19 heavy (non-hydrogen) atoms. The average Bonchev–Trinajstić information content (AvgIpc) is 2.47. The quantitative estimate of drug-likeness (QED) is 0.374. The number of piperidine rings is 1. The molecule has 2 heterocycles. The Hall–Kier alpha value is -1.01. The summed E-state index contributed by atoms with van der Waals surface area (Å²) in [6.45, 7) is 4.43. The summed E-state index contributed by atoms with van der Waals surface area (Å²) in [6.07, 6.45) is 7.14. The monoisotopic (exact) mass is 281 g/mol. The molecule has 2 rings (SSSR count). The van der Waals surface area contributed by atoms with E-state index in [4.69, 9.17) is 5.84 Å². The Balaban J connectivity index is 2.06. The molecule has 3 N–H and O–H groups in total. The average molecular weight is 281 g/mol. The van der Waals surface area contributed by atoms with E-state index in [1.807, 2.05) is 12.3 Å². The molecule has 0 unspecified atom stereocenters. The summed E-state index contributed by atoms with van der Waals surface area (Å²) in [7, 11) is 0. The van der Waals surface area contributed by atoms with Gasteiger partial charge in [0.15, 0.2) is 5.16 Å². The Morgan fingerprint density at radius 1 is 1.42 bits per heavy atom. The number of nitrogens with two attached hydrogens (primary N) is 1. The van der Waals surface area contributed by atoms with Crippen molar-refractivity contribution in [2.45, 2.75) is 37.8 Å².